The van der Waals surface area contributed by atoms with Gasteiger partial charge in [0.2, 0.25) is 15.9 Å². The molecule has 0 heterocycles. The molecule has 9 heteroatoms. The number of amides is 1. The molecular formula is C22H30N2O6S. The Morgan fingerprint density at radius 3 is 2.32 bits per heavy atom. The minimum Gasteiger partial charge on any atom is -0.497 e. The molecule has 31 heavy (non-hydrogen) atoms. The zero-order valence-corrected chi connectivity index (χ0v) is 19.4. The fourth-order valence-corrected chi connectivity index (χ4v) is 4.22. The molecule has 170 valence electrons. The van der Waals surface area contributed by atoms with Crippen molar-refractivity contribution in [2.24, 2.45) is 0 Å². The largest absolute Gasteiger partial charge is 0.497 e. The van der Waals surface area contributed by atoms with Crippen molar-refractivity contribution in [1.82, 2.24) is 5.32 Å². The van der Waals surface area contributed by atoms with Crippen LogP contribution < -0.4 is 23.8 Å². The SMILES string of the molecule is COc1ccc(OC)c([C@H](C)NC(=O)CCCN(c2ccccc2OC)S(C)(=O)=O)c1. The smallest absolute Gasteiger partial charge is 0.232 e. The molecule has 0 unspecified atom stereocenters. The van der Waals surface area contributed by atoms with Gasteiger partial charge in [-0.1, -0.05) is 12.1 Å². The monoisotopic (exact) mass is 450 g/mol. The van der Waals surface area contributed by atoms with Gasteiger partial charge >= 0.3 is 0 Å². The maximum atomic E-state index is 12.5. The highest BCUT2D eigenvalue weighted by molar-refractivity contribution is 7.92. The van der Waals surface area contributed by atoms with Crippen molar-refractivity contribution in [1.29, 1.82) is 0 Å². The third kappa shape index (κ3) is 6.52. The van der Waals surface area contributed by atoms with Crippen molar-refractivity contribution < 1.29 is 27.4 Å². The van der Waals surface area contributed by atoms with Crippen molar-refractivity contribution in [3.8, 4) is 17.2 Å². The number of carbonyl (C=O) groups is 1. The lowest BCUT2D eigenvalue weighted by Gasteiger charge is -2.24. The van der Waals surface area contributed by atoms with Gasteiger partial charge in [0.05, 0.1) is 39.3 Å². The number of nitrogens with zero attached hydrogens (tertiary/aromatic N) is 1. The molecule has 0 saturated heterocycles. The highest BCUT2D eigenvalue weighted by atomic mass is 32.2. The molecule has 0 aromatic heterocycles. The topological polar surface area (TPSA) is 94.2 Å². The maximum absolute atomic E-state index is 12.5. The highest BCUT2D eigenvalue weighted by Gasteiger charge is 2.21. The average molecular weight is 451 g/mol. The standard InChI is InChI=1S/C22H30N2O6S/c1-16(18-15-17(28-2)12-13-20(18)29-3)23-22(25)11-8-14-24(31(5,26)27)19-9-6-7-10-21(19)30-4/h6-7,9-10,12-13,15-16H,8,11,14H2,1-5H3,(H,23,25)/t16-/m0/s1. The molecule has 0 saturated carbocycles. The first kappa shape index (κ1) is 24.3. The second-order valence-electron chi connectivity index (χ2n) is 7.01. The zero-order valence-electron chi connectivity index (χ0n) is 18.5. The Morgan fingerprint density at radius 2 is 1.71 bits per heavy atom. The predicted molar refractivity (Wildman–Crippen MR) is 121 cm³/mol. The second kappa shape index (κ2) is 10.9. The van der Waals surface area contributed by atoms with Gasteiger partial charge in [0.25, 0.3) is 0 Å². The maximum Gasteiger partial charge on any atom is 0.232 e. The molecule has 2 rings (SSSR count). The van der Waals surface area contributed by atoms with Crippen molar-refractivity contribution in [2.75, 3.05) is 38.4 Å². The van der Waals surface area contributed by atoms with Crippen LogP contribution in [0.15, 0.2) is 42.5 Å². The van der Waals surface area contributed by atoms with E-state index in [-0.39, 0.29) is 24.9 Å². The summed E-state index contributed by atoms with van der Waals surface area (Å²) >= 11 is 0. The van der Waals surface area contributed by atoms with E-state index in [0.29, 0.717) is 29.4 Å². The fourth-order valence-electron chi connectivity index (χ4n) is 3.25. The molecular weight excluding hydrogens is 420 g/mol. The molecule has 2 aromatic rings. The van der Waals surface area contributed by atoms with Gasteiger partial charge in [-0.2, -0.15) is 0 Å². The molecule has 0 fully saturated rings. The number of ether oxygens (including phenoxy) is 3. The molecule has 2 aromatic carbocycles. The van der Waals surface area contributed by atoms with Crippen LogP contribution in [0.2, 0.25) is 0 Å². The molecule has 1 amide bonds. The van der Waals surface area contributed by atoms with E-state index < -0.39 is 10.0 Å². The molecule has 8 nitrogen and oxygen atoms in total. The van der Waals surface area contributed by atoms with Crippen molar-refractivity contribution in [2.45, 2.75) is 25.8 Å². The lowest BCUT2D eigenvalue weighted by Crippen LogP contribution is -2.33. The first-order chi connectivity index (χ1) is 14.7. The number of nitrogens with one attached hydrogen (secondary N) is 1. The summed E-state index contributed by atoms with van der Waals surface area (Å²) in [5.41, 5.74) is 1.24. The third-order valence-electron chi connectivity index (χ3n) is 4.80. The molecule has 0 radical (unpaired) electrons. The Kier molecular flexibility index (Phi) is 8.56. The summed E-state index contributed by atoms with van der Waals surface area (Å²) < 4.78 is 41.8. The summed E-state index contributed by atoms with van der Waals surface area (Å²) in [4.78, 5) is 12.5. The van der Waals surface area contributed by atoms with Crippen molar-refractivity contribution in [3.05, 3.63) is 48.0 Å². The Labute approximate surface area is 184 Å². The number of hydrogen-bond donors (Lipinski definition) is 1. The average Bonchev–Trinajstić information content (AvgIpc) is 2.75. The fraction of sp³-hybridized carbons (Fsp3) is 0.409. The number of para-hydroxylation sites is 2. The molecule has 0 aliphatic rings. The molecule has 1 N–H and O–H groups in total. The summed E-state index contributed by atoms with van der Waals surface area (Å²) in [7, 11) is 1.09. The number of carbonyl (C=O) groups excluding carboxylic acids is 1. The Morgan fingerprint density at radius 1 is 1.03 bits per heavy atom. The lowest BCUT2D eigenvalue weighted by molar-refractivity contribution is -0.121. The van der Waals surface area contributed by atoms with E-state index in [4.69, 9.17) is 14.2 Å². The number of sulfonamides is 1. The predicted octanol–water partition coefficient (Wildman–Crippen LogP) is 3.14. The Balaban J connectivity index is 2.03. The number of hydrogen-bond acceptors (Lipinski definition) is 6. The first-order valence-corrected chi connectivity index (χ1v) is 11.7. The van der Waals surface area contributed by atoms with E-state index in [1.807, 2.05) is 13.0 Å². The third-order valence-corrected chi connectivity index (χ3v) is 5.98. The minimum absolute atomic E-state index is 0.156. The summed E-state index contributed by atoms with van der Waals surface area (Å²) in [6.45, 7) is 2.01. The van der Waals surface area contributed by atoms with Gasteiger partial charge in [-0.25, -0.2) is 8.42 Å². The number of anilines is 1. The van der Waals surface area contributed by atoms with E-state index in [2.05, 4.69) is 5.32 Å². The van der Waals surface area contributed by atoms with Gasteiger partial charge in [-0.3, -0.25) is 9.10 Å². The second-order valence-corrected chi connectivity index (χ2v) is 8.91. The molecule has 0 aliphatic heterocycles. The summed E-state index contributed by atoms with van der Waals surface area (Å²) in [5.74, 6) is 1.58. The number of benzene rings is 2. The van der Waals surface area contributed by atoms with Crippen LogP contribution in [0, 0.1) is 0 Å². The van der Waals surface area contributed by atoms with E-state index in [0.717, 1.165) is 11.8 Å². The van der Waals surface area contributed by atoms with Crippen LogP contribution in [-0.2, 0) is 14.8 Å². The van der Waals surface area contributed by atoms with E-state index >= 15 is 0 Å². The molecule has 1 atom stereocenters. The quantitative estimate of drug-likeness (QED) is 0.565. The number of rotatable bonds is 11. The first-order valence-electron chi connectivity index (χ1n) is 9.83. The van der Waals surface area contributed by atoms with Crippen LogP contribution in [0.4, 0.5) is 5.69 Å². The Bertz CT molecular complexity index is 993. The van der Waals surface area contributed by atoms with E-state index in [9.17, 15) is 13.2 Å². The van der Waals surface area contributed by atoms with Crippen LogP contribution >= 0.6 is 0 Å². The lowest BCUT2D eigenvalue weighted by atomic mass is 10.1. The molecule has 0 spiro atoms. The summed E-state index contributed by atoms with van der Waals surface area (Å²) in [5, 5.41) is 2.93. The minimum atomic E-state index is -3.54. The van der Waals surface area contributed by atoms with Gasteiger partial charge in [-0.05, 0) is 43.7 Å². The van der Waals surface area contributed by atoms with Gasteiger partial charge in [0, 0.05) is 18.5 Å². The summed E-state index contributed by atoms with van der Waals surface area (Å²) in [6.07, 6.45) is 1.65. The van der Waals surface area contributed by atoms with Crippen LogP contribution in [-0.4, -0.2) is 48.5 Å². The van der Waals surface area contributed by atoms with Crippen LogP contribution in [0.25, 0.3) is 0 Å². The van der Waals surface area contributed by atoms with Gasteiger partial charge in [0.15, 0.2) is 0 Å². The molecule has 0 aliphatic carbocycles. The van der Waals surface area contributed by atoms with Crippen molar-refractivity contribution >= 4 is 21.6 Å². The normalized spacial score (nSPS) is 12.0. The summed E-state index contributed by atoms with van der Waals surface area (Å²) in [6, 6.07) is 12.0. The van der Waals surface area contributed by atoms with Gasteiger partial charge in [-0.15, -0.1) is 0 Å². The van der Waals surface area contributed by atoms with Gasteiger partial charge < -0.3 is 19.5 Å². The van der Waals surface area contributed by atoms with Crippen LogP contribution in [0.5, 0.6) is 17.2 Å². The molecule has 0 bridgehead atoms. The van der Waals surface area contributed by atoms with Gasteiger partial charge in [0.1, 0.15) is 17.2 Å². The zero-order chi connectivity index (χ0) is 23.0. The highest BCUT2D eigenvalue weighted by Crippen LogP contribution is 2.30. The van der Waals surface area contributed by atoms with Crippen LogP contribution in [0.1, 0.15) is 31.4 Å². The van der Waals surface area contributed by atoms with Crippen molar-refractivity contribution in [3.63, 3.8) is 0 Å². The van der Waals surface area contributed by atoms with E-state index in [1.54, 1.807) is 50.6 Å². The van der Waals surface area contributed by atoms with E-state index in [1.165, 1.54) is 11.4 Å². The Hall–Kier alpha value is -2.94. The van der Waals surface area contributed by atoms with Crippen LogP contribution in [0.3, 0.4) is 0 Å². The number of methoxy groups -OCH3 is 3.